The van der Waals surface area contributed by atoms with Crippen molar-refractivity contribution in [3.63, 3.8) is 0 Å². The lowest BCUT2D eigenvalue weighted by molar-refractivity contribution is -0.133. The van der Waals surface area contributed by atoms with Gasteiger partial charge in [-0.3, -0.25) is 9.89 Å². The first-order chi connectivity index (χ1) is 13.1. The third-order valence-electron chi connectivity index (χ3n) is 5.37. The topological polar surface area (TPSA) is 75.0 Å². The Labute approximate surface area is 158 Å². The molecule has 1 N–H and O–H groups in total. The molecule has 0 saturated carbocycles. The number of rotatable bonds is 4. The maximum atomic E-state index is 13.0. The Kier molecular flexibility index (Phi) is 4.79. The number of piperidine rings is 1. The minimum Gasteiger partial charge on any atom is -0.356 e. The number of benzene rings is 1. The summed E-state index contributed by atoms with van der Waals surface area (Å²) in [6.45, 7) is 5.38. The van der Waals surface area contributed by atoms with Crippen LogP contribution in [0.15, 0.2) is 47.1 Å². The Balaban J connectivity index is 1.52. The van der Waals surface area contributed by atoms with Crippen LogP contribution in [0.1, 0.15) is 48.6 Å². The summed E-state index contributed by atoms with van der Waals surface area (Å²) in [5.74, 6) is 0.983. The molecule has 3 aromatic rings. The average molecular weight is 364 g/mol. The Bertz CT molecular complexity index is 915. The number of hydrogen-bond donors (Lipinski definition) is 1. The van der Waals surface area contributed by atoms with E-state index < -0.39 is 0 Å². The molecule has 0 unspecified atom stereocenters. The van der Waals surface area contributed by atoms with Gasteiger partial charge in [-0.2, -0.15) is 5.10 Å². The van der Waals surface area contributed by atoms with Crippen LogP contribution in [0, 0.1) is 6.92 Å². The fraction of sp³-hybridized carbons (Fsp3) is 0.381. The lowest BCUT2D eigenvalue weighted by Gasteiger charge is -2.34. The highest BCUT2D eigenvalue weighted by atomic mass is 16.5. The van der Waals surface area contributed by atoms with Crippen LogP contribution in [0.3, 0.4) is 0 Å². The van der Waals surface area contributed by atoms with Crippen molar-refractivity contribution in [2.75, 3.05) is 13.1 Å². The second-order valence-electron chi connectivity index (χ2n) is 7.29. The monoisotopic (exact) mass is 364 g/mol. The molecule has 3 heterocycles. The van der Waals surface area contributed by atoms with Gasteiger partial charge in [0.1, 0.15) is 0 Å². The van der Waals surface area contributed by atoms with Gasteiger partial charge in [-0.25, -0.2) is 0 Å². The first-order valence-electron chi connectivity index (χ1n) is 9.44. The standard InChI is InChI=1S/C21H24N4O2/c1-14-11-19(27-24-14)18-12-22-23-20(18)17-9-6-10-25(13-17)21(26)15(2)16-7-4-3-5-8-16/h3-5,7-8,11-12,15,17H,6,9-10,13H2,1-2H3,(H,22,23)/t15-,17+/m0/s1. The minimum absolute atomic E-state index is 0.136. The van der Waals surface area contributed by atoms with E-state index in [2.05, 4.69) is 15.4 Å². The summed E-state index contributed by atoms with van der Waals surface area (Å²) in [5, 5.41) is 11.3. The van der Waals surface area contributed by atoms with Crippen molar-refractivity contribution < 1.29 is 9.32 Å². The number of carbonyl (C=O) groups is 1. The molecule has 140 valence electrons. The van der Waals surface area contributed by atoms with E-state index in [1.54, 1.807) is 6.20 Å². The molecule has 27 heavy (non-hydrogen) atoms. The predicted octanol–water partition coefficient (Wildman–Crippen LogP) is 3.88. The van der Waals surface area contributed by atoms with Crippen LogP contribution >= 0.6 is 0 Å². The van der Waals surface area contributed by atoms with E-state index in [0.717, 1.165) is 47.7 Å². The molecule has 0 spiro atoms. The third kappa shape index (κ3) is 3.52. The summed E-state index contributed by atoms with van der Waals surface area (Å²) in [5.41, 5.74) is 3.86. The van der Waals surface area contributed by atoms with Crippen molar-refractivity contribution in [1.29, 1.82) is 0 Å². The fourth-order valence-corrected chi connectivity index (χ4v) is 3.87. The molecule has 0 radical (unpaired) electrons. The van der Waals surface area contributed by atoms with Crippen LogP contribution < -0.4 is 0 Å². The number of aromatic nitrogens is 3. The highest BCUT2D eigenvalue weighted by molar-refractivity contribution is 5.83. The zero-order valence-electron chi connectivity index (χ0n) is 15.7. The number of aryl methyl sites for hydroxylation is 1. The zero-order valence-corrected chi connectivity index (χ0v) is 15.7. The van der Waals surface area contributed by atoms with Crippen LogP contribution in [0.25, 0.3) is 11.3 Å². The molecule has 2 aromatic heterocycles. The molecule has 1 fully saturated rings. The van der Waals surface area contributed by atoms with Crippen molar-refractivity contribution in [3.8, 4) is 11.3 Å². The summed E-state index contributed by atoms with van der Waals surface area (Å²) in [6.07, 6.45) is 3.78. The molecular weight excluding hydrogens is 340 g/mol. The summed E-state index contributed by atoms with van der Waals surface area (Å²) in [6, 6.07) is 11.9. The molecule has 6 nitrogen and oxygen atoms in total. The Hall–Kier alpha value is -2.89. The first kappa shape index (κ1) is 17.5. The summed E-state index contributed by atoms with van der Waals surface area (Å²) in [7, 11) is 0. The van der Waals surface area contributed by atoms with Gasteiger partial charge in [0, 0.05) is 25.1 Å². The van der Waals surface area contributed by atoms with Gasteiger partial charge in [-0.15, -0.1) is 0 Å². The van der Waals surface area contributed by atoms with Crippen molar-refractivity contribution >= 4 is 5.91 Å². The van der Waals surface area contributed by atoms with Crippen LogP contribution in [0.2, 0.25) is 0 Å². The number of hydrogen-bond acceptors (Lipinski definition) is 4. The number of amides is 1. The highest BCUT2D eigenvalue weighted by Crippen LogP contribution is 2.34. The van der Waals surface area contributed by atoms with E-state index in [0.29, 0.717) is 6.54 Å². The average Bonchev–Trinajstić information content (AvgIpc) is 3.36. The second kappa shape index (κ2) is 7.39. The van der Waals surface area contributed by atoms with Gasteiger partial charge >= 0.3 is 0 Å². The third-order valence-corrected chi connectivity index (χ3v) is 5.37. The van der Waals surface area contributed by atoms with Crippen LogP contribution in [-0.4, -0.2) is 39.3 Å². The maximum absolute atomic E-state index is 13.0. The van der Waals surface area contributed by atoms with Crippen molar-refractivity contribution in [3.05, 3.63) is 59.5 Å². The summed E-state index contributed by atoms with van der Waals surface area (Å²) < 4.78 is 5.42. The van der Waals surface area contributed by atoms with Crippen molar-refractivity contribution in [2.45, 2.75) is 38.5 Å². The lowest BCUT2D eigenvalue weighted by atomic mass is 9.90. The van der Waals surface area contributed by atoms with E-state index in [1.807, 2.05) is 55.1 Å². The Morgan fingerprint density at radius 3 is 2.89 bits per heavy atom. The van der Waals surface area contributed by atoms with E-state index in [-0.39, 0.29) is 17.7 Å². The Morgan fingerprint density at radius 1 is 1.33 bits per heavy atom. The zero-order chi connectivity index (χ0) is 18.8. The van der Waals surface area contributed by atoms with E-state index in [9.17, 15) is 4.79 Å². The van der Waals surface area contributed by atoms with Crippen LogP contribution in [-0.2, 0) is 4.79 Å². The summed E-state index contributed by atoms with van der Waals surface area (Å²) >= 11 is 0. The molecule has 1 saturated heterocycles. The van der Waals surface area contributed by atoms with Crippen molar-refractivity contribution in [2.24, 2.45) is 0 Å². The number of aromatic amines is 1. The van der Waals surface area contributed by atoms with Gasteiger partial charge in [-0.1, -0.05) is 35.5 Å². The van der Waals surface area contributed by atoms with Crippen LogP contribution in [0.5, 0.6) is 0 Å². The predicted molar refractivity (Wildman–Crippen MR) is 102 cm³/mol. The van der Waals surface area contributed by atoms with E-state index in [4.69, 9.17) is 4.52 Å². The molecule has 0 aliphatic carbocycles. The fourth-order valence-electron chi connectivity index (χ4n) is 3.87. The molecule has 1 aliphatic heterocycles. The number of nitrogens with one attached hydrogen (secondary N) is 1. The molecule has 1 aromatic carbocycles. The molecule has 0 bridgehead atoms. The quantitative estimate of drug-likeness (QED) is 0.762. The first-order valence-corrected chi connectivity index (χ1v) is 9.44. The molecule has 1 aliphatic rings. The lowest BCUT2D eigenvalue weighted by Crippen LogP contribution is -2.41. The Morgan fingerprint density at radius 2 is 2.15 bits per heavy atom. The SMILES string of the molecule is Cc1cc(-c2cn[nH]c2[C@@H]2CCCN(C(=O)[C@@H](C)c3ccccc3)C2)on1. The molecule has 2 atom stereocenters. The van der Waals surface area contributed by atoms with Gasteiger partial charge in [0.15, 0.2) is 5.76 Å². The molecule has 1 amide bonds. The summed E-state index contributed by atoms with van der Waals surface area (Å²) in [4.78, 5) is 15.0. The van der Waals surface area contributed by atoms with Gasteiger partial charge in [0.25, 0.3) is 0 Å². The van der Waals surface area contributed by atoms with Crippen molar-refractivity contribution in [1.82, 2.24) is 20.3 Å². The maximum Gasteiger partial charge on any atom is 0.229 e. The number of carbonyl (C=O) groups excluding carboxylic acids is 1. The molecule has 4 rings (SSSR count). The second-order valence-corrected chi connectivity index (χ2v) is 7.29. The van der Waals surface area contributed by atoms with E-state index >= 15 is 0 Å². The number of likely N-dealkylation sites (tertiary alicyclic amines) is 1. The van der Waals surface area contributed by atoms with Gasteiger partial charge in [0.2, 0.25) is 5.91 Å². The normalized spacial score (nSPS) is 18.4. The van der Waals surface area contributed by atoms with E-state index in [1.165, 1.54) is 0 Å². The van der Waals surface area contributed by atoms with Crippen LogP contribution in [0.4, 0.5) is 0 Å². The molecular formula is C21H24N4O2. The number of nitrogens with zero attached hydrogens (tertiary/aromatic N) is 3. The molecule has 6 heteroatoms. The van der Waals surface area contributed by atoms with Gasteiger partial charge < -0.3 is 9.42 Å². The van der Waals surface area contributed by atoms with Gasteiger partial charge in [0.05, 0.1) is 29.1 Å². The minimum atomic E-state index is -0.136. The largest absolute Gasteiger partial charge is 0.356 e. The highest BCUT2D eigenvalue weighted by Gasteiger charge is 2.30. The van der Waals surface area contributed by atoms with Gasteiger partial charge in [-0.05, 0) is 32.3 Å². The smallest absolute Gasteiger partial charge is 0.229 e. The number of H-pyrrole nitrogens is 1.